The third-order valence-electron chi connectivity index (χ3n) is 3.29. The molecule has 0 saturated carbocycles. The Bertz CT molecular complexity index is 593. The highest BCUT2D eigenvalue weighted by Crippen LogP contribution is 2.22. The van der Waals surface area contributed by atoms with Crippen LogP contribution in [0.25, 0.3) is 10.9 Å². The molecule has 0 fully saturated rings. The van der Waals surface area contributed by atoms with Gasteiger partial charge in [0.15, 0.2) is 6.29 Å². The van der Waals surface area contributed by atoms with Gasteiger partial charge in [-0.05, 0) is 12.1 Å². The second-order valence-electron chi connectivity index (χ2n) is 4.68. The first kappa shape index (κ1) is 15.4. The van der Waals surface area contributed by atoms with Gasteiger partial charge in [-0.2, -0.15) is 0 Å². The number of para-hydroxylation sites is 1. The lowest BCUT2D eigenvalue weighted by Crippen LogP contribution is -2.32. The van der Waals surface area contributed by atoms with E-state index in [1.54, 1.807) is 14.2 Å². The molecule has 21 heavy (non-hydrogen) atoms. The summed E-state index contributed by atoms with van der Waals surface area (Å²) in [6, 6.07) is 9.64. The Labute approximate surface area is 124 Å². The molecule has 0 spiro atoms. The van der Waals surface area contributed by atoms with Crippen LogP contribution in [0.2, 0.25) is 0 Å². The number of rotatable bonds is 8. The van der Waals surface area contributed by atoms with Gasteiger partial charge in [0.25, 0.3) is 0 Å². The number of aldehydes is 1. The Morgan fingerprint density at radius 3 is 2.43 bits per heavy atom. The summed E-state index contributed by atoms with van der Waals surface area (Å²) < 4.78 is 10.3. The summed E-state index contributed by atoms with van der Waals surface area (Å²) in [5, 5.41) is 0.960. The Morgan fingerprint density at radius 2 is 1.81 bits per heavy atom. The number of ether oxygens (including phenoxy) is 2. The van der Waals surface area contributed by atoms with Crippen molar-refractivity contribution in [3.63, 3.8) is 0 Å². The van der Waals surface area contributed by atoms with Gasteiger partial charge in [-0.25, -0.2) is 4.98 Å². The molecule has 1 aromatic carbocycles. The molecule has 1 aromatic heterocycles. The number of hydrogen-bond donors (Lipinski definition) is 0. The predicted octanol–water partition coefficient (Wildman–Crippen LogP) is 2.15. The first-order chi connectivity index (χ1) is 10.3. The fourth-order valence-corrected chi connectivity index (χ4v) is 2.19. The Balaban J connectivity index is 2.40. The van der Waals surface area contributed by atoms with E-state index in [9.17, 15) is 4.79 Å². The molecular weight excluding hydrogens is 268 g/mol. The van der Waals surface area contributed by atoms with Crippen LogP contribution in [0.3, 0.4) is 0 Å². The molecule has 0 radical (unpaired) electrons. The van der Waals surface area contributed by atoms with Crippen LogP contribution in [-0.2, 0) is 9.47 Å². The molecule has 5 nitrogen and oxygen atoms in total. The van der Waals surface area contributed by atoms with Gasteiger partial charge in [0.2, 0.25) is 0 Å². The van der Waals surface area contributed by atoms with Crippen LogP contribution in [0, 0.1) is 0 Å². The lowest BCUT2D eigenvalue weighted by atomic mass is 10.1. The Hall–Kier alpha value is -1.98. The van der Waals surface area contributed by atoms with Crippen LogP contribution >= 0.6 is 0 Å². The molecule has 0 aliphatic rings. The van der Waals surface area contributed by atoms with Crippen molar-refractivity contribution in [3.05, 3.63) is 35.9 Å². The molecule has 0 aliphatic heterocycles. The maximum Gasteiger partial charge on any atom is 0.153 e. The molecule has 0 atom stereocenters. The molecule has 0 unspecified atom stereocenters. The predicted molar refractivity (Wildman–Crippen MR) is 83.1 cm³/mol. The number of carbonyl (C=O) groups excluding carboxylic acids is 1. The van der Waals surface area contributed by atoms with Crippen LogP contribution in [0.1, 0.15) is 10.4 Å². The van der Waals surface area contributed by atoms with Crippen molar-refractivity contribution < 1.29 is 14.3 Å². The Morgan fingerprint density at radius 1 is 1.14 bits per heavy atom. The summed E-state index contributed by atoms with van der Waals surface area (Å²) in [6.45, 7) is 2.45. The first-order valence-electron chi connectivity index (χ1n) is 6.88. The van der Waals surface area contributed by atoms with E-state index < -0.39 is 0 Å². The molecule has 112 valence electrons. The minimum absolute atomic E-state index is 0.566. The van der Waals surface area contributed by atoms with Gasteiger partial charge < -0.3 is 14.4 Å². The largest absolute Gasteiger partial charge is 0.383 e. The van der Waals surface area contributed by atoms with E-state index in [0.717, 1.165) is 17.2 Å². The molecular formula is C16H20N2O3. The van der Waals surface area contributed by atoms with Crippen LogP contribution in [0.15, 0.2) is 30.3 Å². The maximum atomic E-state index is 11.4. The maximum absolute atomic E-state index is 11.4. The molecule has 0 amide bonds. The minimum atomic E-state index is 0.566. The molecule has 2 aromatic rings. The summed E-state index contributed by atoms with van der Waals surface area (Å²) in [6.07, 6.45) is 0.849. The Kier molecular flexibility index (Phi) is 5.66. The van der Waals surface area contributed by atoms with Crippen molar-refractivity contribution in [2.24, 2.45) is 0 Å². The van der Waals surface area contributed by atoms with E-state index >= 15 is 0 Å². The van der Waals surface area contributed by atoms with E-state index in [1.165, 1.54) is 0 Å². The number of fused-ring (bicyclic) bond motifs is 1. The fourth-order valence-electron chi connectivity index (χ4n) is 2.19. The number of nitrogens with zero attached hydrogens (tertiary/aromatic N) is 2. The number of benzene rings is 1. The van der Waals surface area contributed by atoms with Gasteiger partial charge in [0.05, 0.1) is 24.3 Å². The minimum Gasteiger partial charge on any atom is -0.383 e. The summed E-state index contributed by atoms with van der Waals surface area (Å²) >= 11 is 0. The second kappa shape index (κ2) is 7.71. The zero-order chi connectivity index (χ0) is 15.1. The highest BCUT2D eigenvalue weighted by Gasteiger charge is 2.14. The first-order valence-corrected chi connectivity index (χ1v) is 6.88. The van der Waals surface area contributed by atoms with Crippen LogP contribution in [0.5, 0.6) is 0 Å². The SMILES string of the molecule is COCCN(CCOC)c1nc2ccccc2cc1C=O. The number of methoxy groups -OCH3 is 2. The topological polar surface area (TPSA) is 51.7 Å². The number of carbonyl (C=O) groups is 1. The van der Waals surface area contributed by atoms with Crippen LogP contribution in [-0.4, -0.2) is 51.8 Å². The van der Waals surface area contributed by atoms with Gasteiger partial charge >= 0.3 is 0 Å². The highest BCUT2D eigenvalue weighted by atomic mass is 16.5. The monoisotopic (exact) mass is 288 g/mol. The number of pyridine rings is 1. The summed E-state index contributed by atoms with van der Waals surface area (Å²) in [4.78, 5) is 18.0. The van der Waals surface area contributed by atoms with Crippen molar-refractivity contribution in [3.8, 4) is 0 Å². The fraction of sp³-hybridized carbons (Fsp3) is 0.375. The third kappa shape index (κ3) is 3.77. The van der Waals surface area contributed by atoms with Crippen molar-refractivity contribution >= 4 is 23.0 Å². The van der Waals surface area contributed by atoms with E-state index in [2.05, 4.69) is 4.98 Å². The summed E-state index contributed by atoms with van der Waals surface area (Å²) in [5.41, 5.74) is 1.46. The smallest absolute Gasteiger partial charge is 0.153 e. The number of hydrogen-bond acceptors (Lipinski definition) is 5. The molecule has 5 heteroatoms. The zero-order valence-electron chi connectivity index (χ0n) is 12.4. The lowest BCUT2D eigenvalue weighted by Gasteiger charge is -2.24. The molecule has 0 saturated heterocycles. The normalized spacial score (nSPS) is 10.8. The zero-order valence-corrected chi connectivity index (χ0v) is 12.4. The van der Waals surface area contributed by atoms with E-state index in [-0.39, 0.29) is 0 Å². The van der Waals surface area contributed by atoms with Gasteiger partial charge in [0, 0.05) is 32.7 Å². The van der Waals surface area contributed by atoms with Gasteiger partial charge in [0.1, 0.15) is 5.82 Å². The molecule has 2 rings (SSSR count). The number of aromatic nitrogens is 1. The molecule has 1 heterocycles. The quantitative estimate of drug-likeness (QED) is 0.697. The molecule has 0 N–H and O–H groups in total. The van der Waals surface area contributed by atoms with Crippen LogP contribution < -0.4 is 4.90 Å². The summed E-state index contributed by atoms with van der Waals surface area (Å²) in [7, 11) is 3.31. The highest BCUT2D eigenvalue weighted by molar-refractivity contribution is 5.91. The van der Waals surface area contributed by atoms with Crippen molar-refractivity contribution in [1.82, 2.24) is 4.98 Å². The lowest BCUT2D eigenvalue weighted by molar-refractivity contribution is 0.112. The standard InChI is InChI=1S/C16H20N2O3/c1-20-9-7-18(8-10-21-2)16-14(12-19)11-13-5-3-4-6-15(13)17-16/h3-6,11-12H,7-10H2,1-2H3. The van der Waals surface area contributed by atoms with E-state index in [0.29, 0.717) is 37.7 Å². The van der Waals surface area contributed by atoms with Crippen molar-refractivity contribution in [2.75, 3.05) is 45.4 Å². The van der Waals surface area contributed by atoms with Crippen molar-refractivity contribution in [2.45, 2.75) is 0 Å². The second-order valence-corrected chi connectivity index (χ2v) is 4.68. The number of anilines is 1. The van der Waals surface area contributed by atoms with E-state index in [1.807, 2.05) is 35.2 Å². The van der Waals surface area contributed by atoms with Crippen molar-refractivity contribution in [1.29, 1.82) is 0 Å². The average Bonchev–Trinajstić information content (AvgIpc) is 2.54. The average molecular weight is 288 g/mol. The summed E-state index contributed by atoms with van der Waals surface area (Å²) in [5.74, 6) is 0.679. The van der Waals surface area contributed by atoms with Crippen LogP contribution in [0.4, 0.5) is 5.82 Å². The van der Waals surface area contributed by atoms with Gasteiger partial charge in [-0.15, -0.1) is 0 Å². The van der Waals surface area contributed by atoms with Gasteiger partial charge in [-0.3, -0.25) is 4.79 Å². The third-order valence-corrected chi connectivity index (χ3v) is 3.29. The van der Waals surface area contributed by atoms with E-state index in [4.69, 9.17) is 9.47 Å². The molecule has 0 bridgehead atoms. The molecule has 0 aliphatic carbocycles. The van der Waals surface area contributed by atoms with Gasteiger partial charge in [-0.1, -0.05) is 18.2 Å².